The molecule has 2 aliphatic carbocycles. The third kappa shape index (κ3) is 4.97. The molecule has 3 aliphatic rings. The Bertz CT molecular complexity index is 575. The van der Waals surface area contributed by atoms with E-state index in [1.165, 1.54) is 44.5 Å². The minimum Gasteiger partial charge on any atom is -0.385 e. The first-order valence-corrected chi connectivity index (χ1v) is 10.1. The van der Waals surface area contributed by atoms with Crippen molar-refractivity contribution in [2.75, 3.05) is 25.0 Å². The number of amides is 1. The maximum absolute atomic E-state index is 11.8. The molecule has 0 bridgehead atoms. The van der Waals surface area contributed by atoms with Crippen molar-refractivity contribution < 1.29 is 4.79 Å². The minimum atomic E-state index is 0.154. The number of nitrogens with one attached hydrogen (secondary N) is 3. The average Bonchev–Trinajstić information content (AvgIpc) is 3.54. The van der Waals surface area contributed by atoms with E-state index in [4.69, 9.17) is 0 Å². The SMILES string of the molecule is O=C(Cc1ccc(NCCC2CC2C2CCNCC2)cc1)NC1CC1. The van der Waals surface area contributed by atoms with Crippen LogP contribution in [0.15, 0.2) is 24.3 Å². The van der Waals surface area contributed by atoms with Crippen molar-refractivity contribution >= 4 is 11.6 Å². The van der Waals surface area contributed by atoms with Crippen LogP contribution in [0.5, 0.6) is 0 Å². The summed E-state index contributed by atoms with van der Waals surface area (Å²) in [5.41, 5.74) is 2.27. The smallest absolute Gasteiger partial charge is 0.224 e. The van der Waals surface area contributed by atoms with Crippen LogP contribution < -0.4 is 16.0 Å². The Kier molecular flexibility index (Phi) is 5.25. The van der Waals surface area contributed by atoms with Crippen LogP contribution >= 0.6 is 0 Å². The molecule has 4 nitrogen and oxygen atoms in total. The molecule has 136 valence electrons. The lowest BCUT2D eigenvalue weighted by atomic mass is 9.91. The molecule has 1 heterocycles. The maximum Gasteiger partial charge on any atom is 0.224 e. The molecule has 1 amide bonds. The molecule has 2 saturated carbocycles. The highest BCUT2D eigenvalue weighted by Gasteiger charge is 2.42. The number of benzene rings is 1. The highest BCUT2D eigenvalue weighted by Crippen LogP contribution is 2.49. The Morgan fingerprint density at radius 3 is 2.56 bits per heavy atom. The molecule has 1 aromatic carbocycles. The number of anilines is 1. The van der Waals surface area contributed by atoms with Gasteiger partial charge in [0, 0.05) is 18.3 Å². The maximum atomic E-state index is 11.8. The fourth-order valence-electron chi connectivity index (χ4n) is 4.29. The topological polar surface area (TPSA) is 53.2 Å². The standard InChI is InChI=1S/C21H31N3O/c25-21(24-19-5-6-19)13-15-1-3-18(4-2-15)23-12-9-17-14-20(17)16-7-10-22-11-8-16/h1-4,16-17,19-20,22-23H,5-14H2,(H,24,25). The third-order valence-corrected chi connectivity index (χ3v) is 6.07. The van der Waals surface area contributed by atoms with Gasteiger partial charge in [-0.25, -0.2) is 0 Å². The second-order valence-electron chi connectivity index (χ2n) is 8.18. The van der Waals surface area contributed by atoms with Gasteiger partial charge in [0.25, 0.3) is 0 Å². The van der Waals surface area contributed by atoms with E-state index in [9.17, 15) is 4.79 Å². The van der Waals surface area contributed by atoms with E-state index in [0.717, 1.165) is 42.7 Å². The number of hydrogen-bond donors (Lipinski definition) is 3. The summed E-state index contributed by atoms with van der Waals surface area (Å²) in [5, 5.41) is 10.1. The van der Waals surface area contributed by atoms with Gasteiger partial charge in [0.2, 0.25) is 5.91 Å². The predicted octanol–water partition coefficient (Wildman–Crippen LogP) is 2.95. The molecule has 0 aromatic heterocycles. The Morgan fingerprint density at radius 1 is 1.08 bits per heavy atom. The van der Waals surface area contributed by atoms with Crippen molar-refractivity contribution in [1.29, 1.82) is 0 Å². The van der Waals surface area contributed by atoms with E-state index in [1.807, 2.05) is 0 Å². The molecule has 4 rings (SSSR count). The fraction of sp³-hybridized carbons (Fsp3) is 0.667. The first-order chi connectivity index (χ1) is 12.3. The lowest BCUT2D eigenvalue weighted by molar-refractivity contribution is -0.120. The largest absolute Gasteiger partial charge is 0.385 e. The third-order valence-electron chi connectivity index (χ3n) is 6.07. The molecule has 1 saturated heterocycles. The summed E-state index contributed by atoms with van der Waals surface area (Å²) >= 11 is 0. The lowest BCUT2D eigenvalue weighted by Gasteiger charge is -2.22. The second-order valence-corrected chi connectivity index (χ2v) is 8.18. The van der Waals surface area contributed by atoms with Gasteiger partial charge in [0.15, 0.2) is 0 Å². The van der Waals surface area contributed by atoms with Gasteiger partial charge >= 0.3 is 0 Å². The Morgan fingerprint density at radius 2 is 1.84 bits per heavy atom. The Labute approximate surface area is 151 Å². The minimum absolute atomic E-state index is 0.154. The van der Waals surface area contributed by atoms with Crippen molar-refractivity contribution in [2.45, 2.75) is 51.0 Å². The molecule has 3 fully saturated rings. The summed E-state index contributed by atoms with van der Waals surface area (Å²) < 4.78 is 0. The zero-order valence-corrected chi connectivity index (χ0v) is 15.1. The van der Waals surface area contributed by atoms with Gasteiger partial charge in [0.1, 0.15) is 0 Å². The summed E-state index contributed by atoms with van der Waals surface area (Å²) in [6.07, 6.45) is 8.29. The molecule has 2 unspecified atom stereocenters. The average molecular weight is 341 g/mol. The van der Waals surface area contributed by atoms with Gasteiger partial charge in [0.05, 0.1) is 6.42 Å². The summed E-state index contributed by atoms with van der Waals surface area (Å²) in [4.78, 5) is 11.8. The van der Waals surface area contributed by atoms with Gasteiger partial charge in [-0.1, -0.05) is 12.1 Å². The molecule has 3 N–H and O–H groups in total. The van der Waals surface area contributed by atoms with Crippen molar-refractivity contribution in [1.82, 2.24) is 10.6 Å². The first-order valence-electron chi connectivity index (χ1n) is 10.1. The molecule has 1 aromatic rings. The second kappa shape index (κ2) is 7.77. The zero-order valence-electron chi connectivity index (χ0n) is 15.1. The molecule has 0 spiro atoms. The van der Waals surface area contributed by atoms with Crippen molar-refractivity contribution in [2.24, 2.45) is 17.8 Å². The quantitative estimate of drug-likeness (QED) is 0.681. The van der Waals surface area contributed by atoms with E-state index in [1.54, 1.807) is 0 Å². The summed E-state index contributed by atoms with van der Waals surface area (Å²) in [7, 11) is 0. The summed E-state index contributed by atoms with van der Waals surface area (Å²) in [6.45, 7) is 3.50. The first kappa shape index (κ1) is 16.9. The summed E-state index contributed by atoms with van der Waals surface area (Å²) in [6, 6.07) is 8.81. The molecule has 2 atom stereocenters. The molecular weight excluding hydrogens is 310 g/mol. The summed E-state index contributed by atoms with van der Waals surface area (Å²) in [5.74, 6) is 3.07. The van der Waals surface area contributed by atoms with Gasteiger partial charge in [-0.15, -0.1) is 0 Å². The van der Waals surface area contributed by atoms with Gasteiger partial charge < -0.3 is 16.0 Å². The number of carbonyl (C=O) groups is 1. The lowest BCUT2D eigenvalue weighted by Crippen LogP contribution is -2.29. The van der Waals surface area contributed by atoms with E-state index in [-0.39, 0.29) is 5.91 Å². The number of rotatable bonds is 8. The van der Waals surface area contributed by atoms with Gasteiger partial charge in [-0.2, -0.15) is 0 Å². The molecule has 0 radical (unpaired) electrons. The number of piperidine rings is 1. The molecule has 4 heteroatoms. The highest BCUT2D eigenvalue weighted by molar-refractivity contribution is 5.79. The Balaban J connectivity index is 1.14. The van der Waals surface area contributed by atoms with Crippen LogP contribution in [-0.2, 0) is 11.2 Å². The highest BCUT2D eigenvalue weighted by atomic mass is 16.1. The van der Waals surface area contributed by atoms with Gasteiger partial charge in [-0.05, 0) is 87.1 Å². The van der Waals surface area contributed by atoms with Crippen LogP contribution in [0.1, 0.15) is 44.1 Å². The van der Waals surface area contributed by atoms with Crippen LogP contribution in [0.25, 0.3) is 0 Å². The van der Waals surface area contributed by atoms with E-state index in [0.29, 0.717) is 12.5 Å². The van der Waals surface area contributed by atoms with Gasteiger partial charge in [-0.3, -0.25) is 4.79 Å². The monoisotopic (exact) mass is 341 g/mol. The van der Waals surface area contributed by atoms with Crippen LogP contribution in [-0.4, -0.2) is 31.6 Å². The number of carbonyl (C=O) groups excluding carboxylic acids is 1. The molecule has 1 aliphatic heterocycles. The van der Waals surface area contributed by atoms with Crippen molar-refractivity contribution in [3.8, 4) is 0 Å². The Hall–Kier alpha value is -1.55. The van der Waals surface area contributed by atoms with Crippen LogP contribution in [0.3, 0.4) is 0 Å². The zero-order chi connectivity index (χ0) is 17.1. The van der Waals surface area contributed by atoms with Crippen LogP contribution in [0.4, 0.5) is 5.69 Å². The normalized spacial score (nSPS) is 26.2. The van der Waals surface area contributed by atoms with Crippen molar-refractivity contribution in [3.05, 3.63) is 29.8 Å². The van der Waals surface area contributed by atoms with E-state index < -0.39 is 0 Å². The fourth-order valence-corrected chi connectivity index (χ4v) is 4.29. The van der Waals surface area contributed by atoms with E-state index in [2.05, 4.69) is 40.2 Å². The van der Waals surface area contributed by atoms with E-state index >= 15 is 0 Å². The van der Waals surface area contributed by atoms with Crippen LogP contribution in [0.2, 0.25) is 0 Å². The van der Waals surface area contributed by atoms with Crippen LogP contribution in [0, 0.1) is 17.8 Å². The molecular formula is C21H31N3O. The van der Waals surface area contributed by atoms with Crippen molar-refractivity contribution in [3.63, 3.8) is 0 Å². The number of hydrogen-bond acceptors (Lipinski definition) is 3. The molecule has 25 heavy (non-hydrogen) atoms. The predicted molar refractivity (Wildman–Crippen MR) is 102 cm³/mol.